The molecule has 0 unspecified atom stereocenters. The second-order valence-corrected chi connectivity index (χ2v) is 5.07. The van der Waals surface area contributed by atoms with Crippen LogP contribution in [0.25, 0.3) is 0 Å². The van der Waals surface area contributed by atoms with Gasteiger partial charge in [0.1, 0.15) is 0 Å². The van der Waals surface area contributed by atoms with E-state index < -0.39 is 0 Å². The highest BCUT2D eigenvalue weighted by molar-refractivity contribution is 4.94. The summed E-state index contributed by atoms with van der Waals surface area (Å²) in [5.74, 6) is 0. The maximum absolute atomic E-state index is 6.04. The molecule has 0 heterocycles. The lowest BCUT2D eigenvalue weighted by molar-refractivity contribution is 0.0400. The summed E-state index contributed by atoms with van der Waals surface area (Å²) < 4.78 is 0. The van der Waals surface area contributed by atoms with Crippen molar-refractivity contribution in [3.05, 3.63) is 0 Å². The van der Waals surface area contributed by atoms with Crippen molar-refractivity contribution in [3.8, 4) is 0 Å². The molecule has 1 saturated carbocycles. The molecule has 0 aromatic rings. The molecule has 0 bridgehead atoms. The number of likely N-dealkylation sites (N-methyl/N-ethyl adjacent to an activating group) is 1. The van der Waals surface area contributed by atoms with Crippen LogP contribution in [0, 0.1) is 0 Å². The Bertz CT molecular complexity index is 169. The van der Waals surface area contributed by atoms with Crippen LogP contribution in [-0.2, 0) is 0 Å². The summed E-state index contributed by atoms with van der Waals surface area (Å²) >= 11 is 0. The molecule has 0 spiro atoms. The summed E-state index contributed by atoms with van der Waals surface area (Å²) in [5.41, 5.74) is 6.36. The first-order valence-electron chi connectivity index (χ1n) is 6.63. The highest BCUT2D eigenvalue weighted by atomic mass is 15.2. The van der Waals surface area contributed by atoms with Crippen molar-refractivity contribution in [2.75, 3.05) is 13.6 Å². The first-order valence-corrected chi connectivity index (χ1v) is 6.63. The predicted octanol–water partition coefficient (Wildman–Crippen LogP) is 2.77. The molecule has 90 valence electrons. The molecule has 2 N–H and O–H groups in total. The van der Waals surface area contributed by atoms with Crippen LogP contribution in [0.1, 0.15) is 58.8 Å². The molecule has 1 aliphatic rings. The minimum atomic E-state index is 0.314. The summed E-state index contributed by atoms with van der Waals surface area (Å²) in [4.78, 5) is 2.59. The largest absolute Gasteiger partial charge is 0.329 e. The van der Waals surface area contributed by atoms with Crippen LogP contribution in [-0.4, -0.2) is 30.1 Å². The van der Waals surface area contributed by atoms with E-state index in [1.165, 1.54) is 44.9 Å². The second-order valence-electron chi connectivity index (χ2n) is 5.07. The lowest BCUT2D eigenvalue weighted by Gasteiger charge is -2.47. The van der Waals surface area contributed by atoms with E-state index in [9.17, 15) is 0 Å². The maximum Gasteiger partial charge on any atom is 0.0331 e. The standard InChI is InChI=1S/C13H28N2/c1-4-12(5-2)15(3)13(11-14)9-7-6-8-10-13/h12H,4-11,14H2,1-3H3. The Labute approximate surface area is 95.2 Å². The van der Waals surface area contributed by atoms with Gasteiger partial charge in [0.05, 0.1) is 0 Å². The summed E-state index contributed by atoms with van der Waals surface area (Å²) in [5, 5.41) is 0. The first kappa shape index (κ1) is 13.0. The van der Waals surface area contributed by atoms with Crippen LogP contribution >= 0.6 is 0 Å². The maximum atomic E-state index is 6.04. The van der Waals surface area contributed by atoms with Gasteiger partial charge < -0.3 is 5.73 Å². The molecule has 1 fully saturated rings. The van der Waals surface area contributed by atoms with Gasteiger partial charge in [0.25, 0.3) is 0 Å². The van der Waals surface area contributed by atoms with Gasteiger partial charge in [0.2, 0.25) is 0 Å². The van der Waals surface area contributed by atoms with Crippen molar-refractivity contribution >= 4 is 0 Å². The summed E-state index contributed by atoms with van der Waals surface area (Å²) in [6, 6.07) is 0.714. The van der Waals surface area contributed by atoms with Crippen molar-refractivity contribution in [1.82, 2.24) is 4.90 Å². The minimum Gasteiger partial charge on any atom is -0.329 e. The molecule has 0 amide bonds. The molecule has 0 aliphatic heterocycles. The summed E-state index contributed by atoms with van der Waals surface area (Å²) in [6.45, 7) is 5.41. The number of nitrogens with two attached hydrogens (primary N) is 1. The smallest absolute Gasteiger partial charge is 0.0331 e. The van der Waals surface area contributed by atoms with Gasteiger partial charge in [-0.05, 0) is 32.7 Å². The fraction of sp³-hybridized carbons (Fsp3) is 1.00. The molecule has 1 rings (SSSR count). The Kier molecular flexibility index (Phi) is 5.07. The molecule has 0 aromatic heterocycles. The zero-order valence-corrected chi connectivity index (χ0v) is 10.8. The van der Waals surface area contributed by atoms with Crippen LogP contribution in [0.2, 0.25) is 0 Å². The molecule has 0 radical (unpaired) electrons. The average Bonchev–Trinajstić information content (AvgIpc) is 2.31. The average molecular weight is 212 g/mol. The Morgan fingerprint density at radius 2 is 1.67 bits per heavy atom. The van der Waals surface area contributed by atoms with Gasteiger partial charge in [0.15, 0.2) is 0 Å². The normalized spacial score (nSPS) is 21.2. The first-order chi connectivity index (χ1) is 7.20. The predicted molar refractivity (Wildman–Crippen MR) is 67.0 cm³/mol. The highest BCUT2D eigenvalue weighted by Gasteiger charge is 2.36. The SMILES string of the molecule is CCC(CC)N(C)C1(CN)CCCCC1. The van der Waals surface area contributed by atoms with Gasteiger partial charge in [-0.2, -0.15) is 0 Å². The van der Waals surface area contributed by atoms with Crippen LogP contribution in [0.3, 0.4) is 0 Å². The second kappa shape index (κ2) is 5.86. The number of rotatable bonds is 5. The van der Waals surface area contributed by atoms with Crippen molar-refractivity contribution in [2.45, 2.75) is 70.4 Å². The Hall–Kier alpha value is -0.0800. The third-order valence-electron chi connectivity index (χ3n) is 4.40. The Morgan fingerprint density at radius 3 is 2.07 bits per heavy atom. The van der Waals surface area contributed by atoms with Crippen LogP contribution in [0.4, 0.5) is 0 Å². The van der Waals surface area contributed by atoms with Crippen molar-refractivity contribution in [3.63, 3.8) is 0 Å². The molecule has 0 atom stereocenters. The van der Waals surface area contributed by atoms with Gasteiger partial charge in [-0.15, -0.1) is 0 Å². The summed E-state index contributed by atoms with van der Waals surface area (Å²) in [6.07, 6.45) is 9.22. The highest BCUT2D eigenvalue weighted by Crippen LogP contribution is 2.34. The molecular formula is C13H28N2. The van der Waals surface area contributed by atoms with Gasteiger partial charge in [-0.1, -0.05) is 33.1 Å². The zero-order valence-electron chi connectivity index (χ0n) is 10.8. The number of hydrogen-bond acceptors (Lipinski definition) is 2. The fourth-order valence-corrected chi connectivity index (χ4v) is 3.13. The van der Waals surface area contributed by atoms with Crippen molar-refractivity contribution < 1.29 is 0 Å². The van der Waals surface area contributed by atoms with Gasteiger partial charge in [-0.3, -0.25) is 4.90 Å². The molecule has 15 heavy (non-hydrogen) atoms. The molecule has 0 aromatic carbocycles. The zero-order chi connectivity index (χ0) is 11.3. The topological polar surface area (TPSA) is 29.3 Å². The van der Waals surface area contributed by atoms with Crippen molar-refractivity contribution in [1.29, 1.82) is 0 Å². The summed E-state index contributed by atoms with van der Waals surface area (Å²) in [7, 11) is 2.29. The monoisotopic (exact) mass is 212 g/mol. The fourth-order valence-electron chi connectivity index (χ4n) is 3.13. The Morgan fingerprint density at radius 1 is 1.13 bits per heavy atom. The van der Waals surface area contributed by atoms with Crippen LogP contribution < -0.4 is 5.73 Å². The molecule has 2 heteroatoms. The number of nitrogens with zero attached hydrogens (tertiary/aromatic N) is 1. The quantitative estimate of drug-likeness (QED) is 0.759. The van der Waals surface area contributed by atoms with E-state index in [2.05, 4.69) is 25.8 Å². The lowest BCUT2D eigenvalue weighted by atomic mass is 9.79. The molecule has 1 aliphatic carbocycles. The van der Waals surface area contributed by atoms with Gasteiger partial charge in [-0.25, -0.2) is 0 Å². The van der Waals surface area contributed by atoms with Crippen LogP contribution in [0.5, 0.6) is 0 Å². The minimum absolute atomic E-state index is 0.314. The Balaban J connectivity index is 2.70. The van der Waals surface area contributed by atoms with E-state index >= 15 is 0 Å². The molecular weight excluding hydrogens is 184 g/mol. The van der Waals surface area contributed by atoms with E-state index in [4.69, 9.17) is 5.73 Å². The third kappa shape index (κ3) is 2.73. The molecule has 2 nitrogen and oxygen atoms in total. The van der Waals surface area contributed by atoms with Gasteiger partial charge in [0, 0.05) is 18.1 Å². The third-order valence-corrected chi connectivity index (χ3v) is 4.40. The van der Waals surface area contributed by atoms with E-state index in [-0.39, 0.29) is 0 Å². The van der Waals surface area contributed by atoms with Gasteiger partial charge >= 0.3 is 0 Å². The van der Waals surface area contributed by atoms with E-state index in [0.29, 0.717) is 11.6 Å². The van der Waals surface area contributed by atoms with Crippen molar-refractivity contribution in [2.24, 2.45) is 5.73 Å². The van der Waals surface area contributed by atoms with E-state index in [1.807, 2.05) is 0 Å². The lowest BCUT2D eigenvalue weighted by Crippen LogP contribution is -2.56. The van der Waals surface area contributed by atoms with E-state index in [0.717, 1.165) is 6.54 Å². The molecule has 0 saturated heterocycles. The van der Waals surface area contributed by atoms with Crippen LogP contribution in [0.15, 0.2) is 0 Å². The number of hydrogen-bond donors (Lipinski definition) is 1. The van der Waals surface area contributed by atoms with E-state index in [1.54, 1.807) is 0 Å².